The van der Waals surface area contributed by atoms with Crippen molar-refractivity contribution >= 4 is 22.4 Å². The summed E-state index contributed by atoms with van der Waals surface area (Å²) in [6.07, 6.45) is 1.02. The van der Waals surface area contributed by atoms with E-state index in [2.05, 4.69) is 43.1 Å². The normalized spacial score (nSPS) is 11.7. The van der Waals surface area contributed by atoms with Crippen LogP contribution in [0.1, 0.15) is 32.9 Å². The first-order chi connectivity index (χ1) is 9.35. The quantitative estimate of drug-likeness (QED) is 0.747. The Labute approximate surface area is 125 Å². The lowest BCUT2D eigenvalue weighted by molar-refractivity contribution is -0.143. The van der Waals surface area contributed by atoms with E-state index in [9.17, 15) is 4.79 Å². The fourth-order valence-corrected chi connectivity index (χ4v) is 2.16. The van der Waals surface area contributed by atoms with E-state index in [-0.39, 0.29) is 11.5 Å². The van der Waals surface area contributed by atoms with Crippen LogP contribution in [0.25, 0.3) is 0 Å². The van der Waals surface area contributed by atoms with E-state index in [1.807, 2.05) is 12.3 Å². The second-order valence-electron chi connectivity index (χ2n) is 5.51. The molecule has 0 spiro atoms. The smallest absolute Gasteiger partial charge is 0.306 e. The van der Waals surface area contributed by atoms with Crippen molar-refractivity contribution in [3.05, 3.63) is 11.1 Å². The molecule has 1 rings (SSSR count). The van der Waals surface area contributed by atoms with Gasteiger partial charge in [-0.1, -0.05) is 0 Å². The van der Waals surface area contributed by atoms with Crippen molar-refractivity contribution in [1.82, 2.24) is 9.88 Å². The van der Waals surface area contributed by atoms with Crippen LogP contribution in [0.4, 0.5) is 5.13 Å². The number of likely N-dealkylation sites (N-methyl/N-ethyl adjacent to an activating group) is 1. The number of anilines is 1. The van der Waals surface area contributed by atoms with E-state index in [4.69, 9.17) is 4.74 Å². The van der Waals surface area contributed by atoms with Gasteiger partial charge in [-0.3, -0.25) is 4.79 Å². The molecule has 1 heterocycles. The first kappa shape index (κ1) is 16.9. The summed E-state index contributed by atoms with van der Waals surface area (Å²) in [6.45, 7) is 7.42. The predicted octanol–water partition coefficient (Wildman–Crippen LogP) is 2.39. The third-order valence-corrected chi connectivity index (χ3v) is 4.17. The second kappa shape index (κ2) is 7.59. The average molecular weight is 299 g/mol. The number of aromatic nitrogens is 1. The van der Waals surface area contributed by atoms with Gasteiger partial charge >= 0.3 is 5.97 Å². The van der Waals surface area contributed by atoms with Crippen molar-refractivity contribution in [2.75, 3.05) is 32.6 Å². The first-order valence-electron chi connectivity index (χ1n) is 6.86. The zero-order chi connectivity index (χ0) is 15.2. The molecular formula is C14H25N3O2S. The highest BCUT2D eigenvalue weighted by Crippen LogP contribution is 2.19. The molecule has 0 bridgehead atoms. The Balaban J connectivity index is 2.42. The summed E-state index contributed by atoms with van der Waals surface area (Å²) in [5, 5.41) is 6.24. The van der Waals surface area contributed by atoms with Crippen molar-refractivity contribution in [3.8, 4) is 0 Å². The van der Waals surface area contributed by atoms with Crippen LogP contribution in [0.5, 0.6) is 0 Å². The predicted molar refractivity (Wildman–Crippen MR) is 83.3 cm³/mol. The summed E-state index contributed by atoms with van der Waals surface area (Å²) < 4.78 is 4.90. The molecule has 6 heteroatoms. The number of nitrogens with zero attached hydrogens (tertiary/aromatic N) is 2. The monoisotopic (exact) mass is 299 g/mol. The molecule has 114 valence electrons. The molecule has 0 aliphatic rings. The number of carbonyl (C=O) groups is 1. The summed E-state index contributed by atoms with van der Waals surface area (Å²) in [5.74, 6) is -0.163. The van der Waals surface area contributed by atoms with Gasteiger partial charge in [-0.2, -0.15) is 0 Å². The average Bonchev–Trinajstić information content (AvgIpc) is 2.82. The number of rotatable bonds is 8. The number of nitrogens with one attached hydrogen (secondary N) is 1. The molecule has 0 unspecified atom stereocenters. The molecule has 0 saturated carbocycles. The van der Waals surface area contributed by atoms with Gasteiger partial charge in [0.15, 0.2) is 5.13 Å². The zero-order valence-corrected chi connectivity index (χ0v) is 13.8. The van der Waals surface area contributed by atoms with Crippen molar-refractivity contribution < 1.29 is 9.53 Å². The summed E-state index contributed by atoms with van der Waals surface area (Å²) in [5.41, 5.74) is 1.00. The summed E-state index contributed by atoms with van der Waals surface area (Å²) in [4.78, 5) is 17.9. The van der Waals surface area contributed by atoms with Gasteiger partial charge < -0.3 is 15.0 Å². The fraction of sp³-hybridized carbons (Fsp3) is 0.714. The van der Waals surface area contributed by atoms with E-state index >= 15 is 0 Å². The van der Waals surface area contributed by atoms with Crippen LogP contribution in [-0.2, 0) is 16.0 Å². The van der Waals surface area contributed by atoms with Crippen LogP contribution in [0.15, 0.2) is 5.38 Å². The van der Waals surface area contributed by atoms with Crippen LogP contribution >= 0.6 is 11.3 Å². The van der Waals surface area contributed by atoms with Crippen molar-refractivity contribution in [2.24, 2.45) is 0 Å². The van der Waals surface area contributed by atoms with Crippen molar-refractivity contribution in [3.63, 3.8) is 0 Å². The minimum atomic E-state index is -0.163. The summed E-state index contributed by atoms with van der Waals surface area (Å²) >= 11 is 1.57. The molecule has 0 aliphatic heterocycles. The minimum Gasteiger partial charge on any atom is -0.466 e. The molecule has 1 aromatic heterocycles. The Kier molecular flexibility index (Phi) is 6.42. The lowest BCUT2D eigenvalue weighted by Gasteiger charge is -2.32. The van der Waals surface area contributed by atoms with Crippen molar-refractivity contribution in [1.29, 1.82) is 0 Å². The van der Waals surface area contributed by atoms with Gasteiger partial charge in [0.25, 0.3) is 0 Å². The highest BCUT2D eigenvalue weighted by atomic mass is 32.1. The third kappa shape index (κ3) is 5.46. The largest absolute Gasteiger partial charge is 0.466 e. The maximum atomic E-state index is 11.3. The highest BCUT2D eigenvalue weighted by molar-refractivity contribution is 7.13. The molecule has 0 radical (unpaired) electrons. The molecule has 5 nitrogen and oxygen atoms in total. The lowest BCUT2D eigenvalue weighted by Crippen LogP contribution is -2.44. The molecular weight excluding hydrogens is 274 g/mol. The highest BCUT2D eigenvalue weighted by Gasteiger charge is 2.20. The van der Waals surface area contributed by atoms with Crippen LogP contribution in [0.2, 0.25) is 0 Å². The molecule has 0 amide bonds. The molecule has 0 aliphatic carbocycles. The van der Waals surface area contributed by atoms with Gasteiger partial charge in [-0.25, -0.2) is 4.98 Å². The molecule has 1 aromatic rings. The third-order valence-electron chi connectivity index (χ3n) is 3.33. The Morgan fingerprint density at radius 3 is 2.80 bits per heavy atom. The number of hydrogen-bond donors (Lipinski definition) is 1. The maximum absolute atomic E-state index is 11.3. The number of hydrogen-bond acceptors (Lipinski definition) is 6. The SMILES string of the molecule is CCOC(=O)CCc1csc(NCC(C)(C)N(C)C)n1. The topological polar surface area (TPSA) is 54.5 Å². The Bertz CT molecular complexity index is 430. The van der Waals surface area contributed by atoms with Gasteiger partial charge in [-0.15, -0.1) is 11.3 Å². The Morgan fingerprint density at radius 1 is 1.50 bits per heavy atom. The van der Waals surface area contributed by atoms with Crippen LogP contribution < -0.4 is 5.32 Å². The maximum Gasteiger partial charge on any atom is 0.306 e. The van der Waals surface area contributed by atoms with Gasteiger partial charge in [-0.05, 0) is 34.9 Å². The standard InChI is InChI=1S/C14H25N3O2S/c1-6-19-12(18)8-7-11-9-20-13(16-11)15-10-14(2,3)17(4)5/h9H,6-8,10H2,1-5H3,(H,15,16). The summed E-state index contributed by atoms with van der Waals surface area (Å²) in [7, 11) is 4.13. The lowest BCUT2D eigenvalue weighted by atomic mass is 10.1. The molecule has 20 heavy (non-hydrogen) atoms. The van der Waals surface area contributed by atoms with E-state index in [1.165, 1.54) is 0 Å². The Hall–Kier alpha value is -1.14. The molecule has 0 aromatic carbocycles. The van der Waals surface area contributed by atoms with E-state index < -0.39 is 0 Å². The fourth-order valence-electron chi connectivity index (χ4n) is 1.42. The minimum absolute atomic E-state index is 0.0662. The van der Waals surface area contributed by atoms with Crippen LogP contribution in [0.3, 0.4) is 0 Å². The van der Waals surface area contributed by atoms with Gasteiger partial charge in [0, 0.05) is 23.9 Å². The van der Waals surface area contributed by atoms with Crippen molar-refractivity contribution in [2.45, 2.75) is 39.2 Å². The first-order valence-corrected chi connectivity index (χ1v) is 7.74. The van der Waals surface area contributed by atoms with E-state index in [0.29, 0.717) is 19.4 Å². The molecule has 0 atom stereocenters. The number of esters is 1. The van der Waals surface area contributed by atoms with E-state index in [0.717, 1.165) is 17.4 Å². The van der Waals surface area contributed by atoms with Gasteiger partial charge in [0.1, 0.15) is 0 Å². The zero-order valence-electron chi connectivity index (χ0n) is 13.0. The number of thiazole rings is 1. The van der Waals surface area contributed by atoms with E-state index in [1.54, 1.807) is 11.3 Å². The number of ether oxygens (including phenoxy) is 1. The number of carbonyl (C=O) groups excluding carboxylic acids is 1. The molecule has 1 N–H and O–H groups in total. The van der Waals surface area contributed by atoms with Crippen LogP contribution in [0, 0.1) is 0 Å². The van der Waals surface area contributed by atoms with Gasteiger partial charge in [0.2, 0.25) is 0 Å². The summed E-state index contributed by atoms with van der Waals surface area (Å²) in [6, 6.07) is 0. The van der Waals surface area contributed by atoms with Gasteiger partial charge in [0.05, 0.1) is 18.7 Å². The second-order valence-corrected chi connectivity index (χ2v) is 6.37. The van der Waals surface area contributed by atoms with Crippen LogP contribution in [-0.4, -0.2) is 48.6 Å². The molecule has 0 saturated heterocycles. The number of aryl methyl sites for hydroxylation is 1. The Morgan fingerprint density at radius 2 is 2.20 bits per heavy atom. The molecule has 0 fully saturated rings.